The number of hydrogen-bond donors (Lipinski definition) is 3. The van der Waals surface area contributed by atoms with Crippen molar-refractivity contribution in [2.45, 2.75) is 44.3 Å². The molecule has 1 aromatic rings. The number of Topliss-reactive ketones (excluding diaryl/α,β-unsaturated/α-hetero) is 2. The highest BCUT2D eigenvalue weighted by Gasteiger charge is 2.29. The van der Waals surface area contributed by atoms with Crippen molar-refractivity contribution < 1.29 is 28.7 Å². The summed E-state index contributed by atoms with van der Waals surface area (Å²) in [6.07, 6.45) is 0.882. The molecule has 2 rings (SSSR count). The van der Waals surface area contributed by atoms with E-state index in [9.17, 15) is 19.2 Å². The van der Waals surface area contributed by atoms with Crippen LogP contribution in [-0.4, -0.2) is 73.0 Å². The summed E-state index contributed by atoms with van der Waals surface area (Å²) in [5.74, 6) is 0.887. The fraction of sp³-hybridized carbons (Fsp3) is 0.545. The Morgan fingerprint density at radius 1 is 1.22 bits per heavy atom. The van der Waals surface area contributed by atoms with Crippen LogP contribution < -0.4 is 21.1 Å². The van der Waals surface area contributed by atoms with Crippen LogP contribution in [0.4, 0.5) is 4.79 Å². The monoisotopic (exact) mass is 538 g/mol. The lowest BCUT2D eigenvalue weighted by Crippen LogP contribution is -2.52. The first-order chi connectivity index (χ1) is 17.3. The fourth-order valence-corrected chi connectivity index (χ4v) is 5.60. The summed E-state index contributed by atoms with van der Waals surface area (Å²) in [6.45, 7) is 1.82. The van der Waals surface area contributed by atoms with Gasteiger partial charge in [0.2, 0.25) is 0 Å². The van der Waals surface area contributed by atoms with Gasteiger partial charge in [0.25, 0.3) is 5.91 Å². The molecule has 0 bridgehead atoms. The van der Waals surface area contributed by atoms with Crippen LogP contribution in [0.2, 0.25) is 0 Å². The Labute approximate surface area is 216 Å². The van der Waals surface area contributed by atoms with Crippen LogP contribution in [-0.2, 0) is 14.3 Å². The summed E-state index contributed by atoms with van der Waals surface area (Å²) in [4.78, 5) is 51.1. The normalized spacial score (nSPS) is 20.2. The number of nitrogens with one attached hydrogen (secondary N) is 2. The smallest absolute Gasteiger partial charge is 0.434 e. The third-order valence-corrected chi connectivity index (χ3v) is 7.61. The van der Waals surface area contributed by atoms with Gasteiger partial charge in [-0.25, -0.2) is 4.79 Å². The van der Waals surface area contributed by atoms with Crippen LogP contribution >= 0.6 is 21.6 Å². The van der Waals surface area contributed by atoms with Gasteiger partial charge in [0.1, 0.15) is 18.1 Å². The molecule has 0 spiro atoms. The maximum absolute atomic E-state index is 12.7. The molecule has 0 aliphatic carbocycles. The topological polar surface area (TPSA) is 186 Å². The van der Waals surface area contributed by atoms with Crippen LogP contribution in [0.3, 0.4) is 0 Å². The van der Waals surface area contributed by atoms with Gasteiger partial charge in [0.05, 0.1) is 24.7 Å². The Morgan fingerprint density at radius 3 is 2.64 bits per heavy atom. The van der Waals surface area contributed by atoms with Crippen LogP contribution in [0.15, 0.2) is 29.4 Å². The molecule has 1 aromatic carbocycles. The summed E-state index contributed by atoms with van der Waals surface area (Å²) in [5.41, 5.74) is 14.6. The number of unbranched alkanes of at least 4 members (excludes halogenated alkanes) is 1. The molecule has 1 saturated heterocycles. The predicted octanol–water partition coefficient (Wildman–Crippen LogP) is 2.62. The number of rotatable bonds is 11. The van der Waals surface area contributed by atoms with E-state index in [1.54, 1.807) is 0 Å². The Balaban J connectivity index is 1.75. The molecule has 12 nitrogen and oxygen atoms in total. The van der Waals surface area contributed by atoms with Crippen LogP contribution in [0.1, 0.15) is 36.5 Å². The van der Waals surface area contributed by atoms with Crippen molar-refractivity contribution in [3.05, 3.63) is 40.3 Å². The number of amides is 1. The second-order valence-corrected chi connectivity index (χ2v) is 10.4. The SMILES string of the molecule is CC(=O)C1CSSCC(N)C(=O)[C@H](CCCCNC(=O)c2ccc(OC(=O)OCCN=[N+]=[N-])cc2)N1. The maximum atomic E-state index is 12.7. The molecular formula is C22H30N6O6S2. The van der Waals surface area contributed by atoms with E-state index in [0.29, 0.717) is 42.9 Å². The molecule has 0 aromatic heterocycles. The second-order valence-electron chi connectivity index (χ2n) is 7.89. The highest BCUT2D eigenvalue weighted by Crippen LogP contribution is 2.25. The Kier molecular flexibility index (Phi) is 13.1. The highest BCUT2D eigenvalue weighted by molar-refractivity contribution is 8.76. The Morgan fingerprint density at radius 2 is 1.94 bits per heavy atom. The minimum absolute atomic E-state index is 0.00295. The van der Waals surface area contributed by atoms with Gasteiger partial charge >= 0.3 is 6.16 Å². The van der Waals surface area contributed by atoms with Crippen molar-refractivity contribution in [3.63, 3.8) is 0 Å². The lowest BCUT2D eigenvalue weighted by Gasteiger charge is -2.23. The van der Waals surface area contributed by atoms with Gasteiger partial charge in [-0.2, -0.15) is 0 Å². The first kappa shape index (κ1) is 29.5. The van der Waals surface area contributed by atoms with Gasteiger partial charge in [-0.05, 0) is 56.0 Å². The van der Waals surface area contributed by atoms with Crippen molar-refractivity contribution in [2.24, 2.45) is 10.8 Å². The summed E-state index contributed by atoms with van der Waals surface area (Å²) >= 11 is 0. The molecule has 2 unspecified atom stereocenters. The number of carbonyl (C=O) groups is 4. The molecule has 0 saturated carbocycles. The summed E-state index contributed by atoms with van der Waals surface area (Å²) in [7, 11) is 3.04. The van der Waals surface area contributed by atoms with Gasteiger partial charge in [0.15, 0.2) is 5.78 Å². The third kappa shape index (κ3) is 10.5. The molecule has 0 radical (unpaired) electrons. The molecule has 1 fully saturated rings. The van der Waals surface area contributed by atoms with Crippen LogP contribution in [0.5, 0.6) is 5.75 Å². The number of benzene rings is 1. The summed E-state index contributed by atoms with van der Waals surface area (Å²) in [5, 5.41) is 9.22. The summed E-state index contributed by atoms with van der Waals surface area (Å²) < 4.78 is 9.71. The maximum Gasteiger partial charge on any atom is 0.513 e. The number of ketones is 2. The third-order valence-electron chi connectivity index (χ3n) is 5.16. The number of carbonyl (C=O) groups excluding carboxylic acids is 4. The number of ether oxygens (including phenoxy) is 2. The lowest BCUT2D eigenvalue weighted by molar-refractivity contribution is -0.123. The van der Waals surface area contributed by atoms with Crippen LogP contribution in [0.25, 0.3) is 10.4 Å². The largest absolute Gasteiger partial charge is 0.513 e. The van der Waals surface area contributed by atoms with Crippen LogP contribution in [0, 0.1) is 0 Å². The molecule has 36 heavy (non-hydrogen) atoms. The van der Waals surface area contributed by atoms with E-state index in [0.717, 1.165) is 0 Å². The molecule has 196 valence electrons. The van der Waals surface area contributed by atoms with Gasteiger partial charge in [-0.15, -0.1) is 0 Å². The van der Waals surface area contributed by atoms with E-state index >= 15 is 0 Å². The average molecular weight is 539 g/mol. The first-order valence-corrected chi connectivity index (χ1v) is 13.8. The number of nitrogens with two attached hydrogens (primary N) is 1. The zero-order chi connectivity index (χ0) is 26.3. The molecule has 1 heterocycles. The van der Waals surface area contributed by atoms with Gasteiger partial charge in [0, 0.05) is 28.5 Å². The predicted molar refractivity (Wildman–Crippen MR) is 138 cm³/mol. The molecule has 3 atom stereocenters. The van der Waals surface area contributed by atoms with E-state index in [-0.39, 0.29) is 36.4 Å². The highest BCUT2D eigenvalue weighted by atomic mass is 33.1. The zero-order valence-electron chi connectivity index (χ0n) is 19.9. The average Bonchev–Trinajstić information content (AvgIpc) is 2.92. The molecule has 1 aliphatic heterocycles. The fourth-order valence-electron chi connectivity index (χ4n) is 3.20. The number of nitrogens with zero attached hydrogens (tertiary/aromatic N) is 3. The number of azide groups is 1. The van der Waals surface area contributed by atoms with E-state index in [1.807, 2.05) is 0 Å². The summed E-state index contributed by atoms with van der Waals surface area (Å²) in [6, 6.07) is 4.47. The first-order valence-electron chi connectivity index (χ1n) is 11.4. The van der Waals surface area contributed by atoms with E-state index < -0.39 is 24.3 Å². The molecule has 1 aliphatic rings. The zero-order valence-corrected chi connectivity index (χ0v) is 21.5. The minimum Gasteiger partial charge on any atom is -0.434 e. The molecular weight excluding hydrogens is 508 g/mol. The van der Waals surface area contributed by atoms with Crippen molar-refractivity contribution in [1.82, 2.24) is 10.6 Å². The quantitative estimate of drug-likeness (QED) is 0.0719. The second kappa shape index (κ2) is 16.1. The van der Waals surface area contributed by atoms with Gasteiger partial charge in [-0.3, -0.25) is 19.7 Å². The molecule has 14 heteroatoms. The van der Waals surface area contributed by atoms with Gasteiger partial charge in [-0.1, -0.05) is 26.7 Å². The van der Waals surface area contributed by atoms with Crippen molar-refractivity contribution in [1.29, 1.82) is 0 Å². The van der Waals surface area contributed by atoms with Crippen molar-refractivity contribution >= 4 is 45.2 Å². The molecule has 4 N–H and O–H groups in total. The Bertz CT molecular complexity index is 957. The molecule has 1 amide bonds. The Hall–Kier alpha value is -2.77. The van der Waals surface area contributed by atoms with E-state index in [1.165, 1.54) is 52.8 Å². The van der Waals surface area contributed by atoms with Gasteiger partial charge < -0.3 is 20.5 Å². The van der Waals surface area contributed by atoms with E-state index in [4.69, 9.17) is 20.7 Å². The lowest BCUT2D eigenvalue weighted by atomic mass is 9.99. The minimum atomic E-state index is -0.943. The van der Waals surface area contributed by atoms with Crippen molar-refractivity contribution in [2.75, 3.05) is 31.2 Å². The number of hydrogen-bond acceptors (Lipinski definition) is 11. The van der Waals surface area contributed by atoms with E-state index in [2.05, 4.69) is 20.7 Å². The standard InChI is InChI=1S/C22H30N6O6S2/c1-14(29)19-13-36-35-12-17(23)20(30)18(27-19)4-2-3-9-25-21(31)15-5-7-16(8-6-15)34-22(32)33-11-10-26-28-24/h5-8,17-19,27H,2-4,9-13,23H2,1H3,(H,25,31)/t17?,18-,19?/m0/s1. The van der Waals surface area contributed by atoms with Crippen molar-refractivity contribution in [3.8, 4) is 5.75 Å².